The third-order valence-corrected chi connectivity index (χ3v) is 5.57. The monoisotopic (exact) mass is 541 g/mol. The summed E-state index contributed by atoms with van der Waals surface area (Å²) in [5.74, 6) is -1.04. The summed E-state index contributed by atoms with van der Waals surface area (Å²) in [5.41, 5.74) is -1.86. The Labute approximate surface area is 229 Å². The van der Waals surface area contributed by atoms with Crippen molar-refractivity contribution in [3.63, 3.8) is 0 Å². The van der Waals surface area contributed by atoms with E-state index in [1.54, 1.807) is 0 Å². The van der Waals surface area contributed by atoms with E-state index in [1.165, 1.54) is 6.92 Å². The van der Waals surface area contributed by atoms with E-state index in [1.807, 2.05) is 77.0 Å². The molecule has 0 aromatic rings. The van der Waals surface area contributed by atoms with Crippen molar-refractivity contribution >= 4 is 23.7 Å². The molecule has 0 aromatic heterocycles. The lowest BCUT2D eigenvalue weighted by Gasteiger charge is -2.33. The molecule has 1 atom stereocenters. The van der Waals surface area contributed by atoms with Crippen molar-refractivity contribution < 1.29 is 33.4 Å². The Morgan fingerprint density at radius 1 is 0.632 bits per heavy atom. The number of ether oxygens (including phenoxy) is 3. The quantitative estimate of drug-likeness (QED) is 0.319. The first-order valence-corrected chi connectivity index (χ1v) is 13.6. The molecule has 1 unspecified atom stereocenters. The second-order valence-corrected chi connectivity index (χ2v) is 13.1. The van der Waals surface area contributed by atoms with Crippen LogP contribution in [0, 0.1) is 0 Å². The lowest BCUT2D eigenvalue weighted by molar-refractivity contribution is -0.163. The number of nitrogens with zero attached hydrogens (tertiary/aromatic N) is 3. The second-order valence-electron chi connectivity index (χ2n) is 13.1. The van der Waals surface area contributed by atoms with Crippen molar-refractivity contribution in [2.24, 2.45) is 0 Å². The zero-order valence-electron chi connectivity index (χ0n) is 25.3. The predicted molar refractivity (Wildman–Crippen MR) is 146 cm³/mol. The van der Waals surface area contributed by atoms with Gasteiger partial charge >= 0.3 is 17.9 Å². The lowest BCUT2D eigenvalue weighted by atomic mass is 10.1. The zero-order valence-corrected chi connectivity index (χ0v) is 25.3. The Hall–Kier alpha value is -2.04. The van der Waals surface area contributed by atoms with Gasteiger partial charge in [0.1, 0.15) is 28.6 Å². The van der Waals surface area contributed by atoms with Crippen LogP contribution in [0.3, 0.4) is 0 Å². The van der Waals surface area contributed by atoms with Crippen LogP contribution < -0.4 is 0 Å². The fourth-order valence-corrected chi connectivity index (χ4v) is 4.06. The van der Waals surface area contributed by atoms with Crippen LogP contribution in [0.2, 0.25) is 0 Å². The maximum atomic E-state index is 13.2. The van der Waals surface area contributed by atoms with Gasteiger partial charge in [-0.05, 0) is 75.7 Å². The molecule has 0 saturated carbocycles. The molecule has 0 bridgehead atoms. The highest BCUT2D eigenvalue weighted by Crippen LogP contribution is 2.17. The standard InChI is InChI=1S/C28H51N3O7/c1-21(32)11-12-22(25(35)38-28(8,9)10)31-17-15-29(19-23(33)36-26(2,3)4)13-14-30(16-18-31)20-24(34)37-27(5,6)7/h22H,11-20H2,1-10H3. The smallest absolute Gasteiger partial charge is 0.323 e. The predicted octanol–water partition coefficient (Wildman–Crippen LogP) is 2.67. The number of ketones is 1. The van der Waals surface area contributed by atoms with E-state index in [9.17, 15) is 19.2 Å². The Balaban J connectivity index is 3.18. The molecule has 1 aliphatic rings. The molecule has 38 heavy (non-hydrogen) atoms. The van der Waals surface area contributed by atoms with Crippen LogP contribution in [-0.4, -0.2) is 114 Å². The minimum absolute atomic E-state index is 0.000861. The molecule has 0 aromatic carbocycles. The molecule has 220 valence electrons. The number of carbonyl (C=O) groups is 4. The Morgan fingerprint density at radius 2 is 1.00 bits per heavy atom. The summed E-state index contributed by atoms with van der Waals surface area (Å²) >= 11 is 0. The molecule has 0 amide bonds. The number of carbonyl (C=O) groups excluding carboxylic acids is 4. The van der Waals surface area contributed by atoms with Gasteiger partial charge in [-0.25, -0.2) is 0 Å². The Bertz CT molecular complexity index is 767. The first kappa shape index (κ1) is 34.0. The molecule has 0 aliphatic carbocycles. The van der Waals surface area contributed by atoms with E-state index in [2.05, 4.69) is 0 Å². The van der Waals surface area contributed by atoms with E-state index < -0.39 is 22.8 Å². The normalized spacial score (nSPS) is 18.1. The molecular weight excluding hydrogens is 490 g/mol. The van der Waals surface area contributed by atoms with Crippen LogP contribution >= 0.6 is 0 Å². The topological polar surface area (TPSA) is 106 Å². The van der Waals surface area contributed by atoms with Crippen LogP contribution in [0.15, 0.2) is 0 Å². The zero-order chi connectivity index (χ0) is 29.3. The first-order valence-electron chi connectivity index (χ1n) is 13.6. The molecule has 1 fully saturated rings. The molecule has 0 radical (unpaired) electrons. The summed E-state index contributed by atoms with van der Waals surface area (Å²) < 4.78 is 16.8. The molecular formula is C28H51N3O7. The van der Waals surface area contributed by atoms with E-state index in [4.69, 9.17) is 14.2 Å². The summed E-state index contributed by atoms with van der Waals surface area (Å²) in [6, 6.07) is -0.622. The number of esters is 3. The molecule has 0 spiro atoms. The Morgan fingerprint density at radius 3 is 1.34 bits per heavy atom. The number of Topliss-reactive ketones (excluding diaryl/α,β-unsaturated/α-hetero) is 1. The summed E-state index contributed by atoms with van der Waals surface area (Å²) in [6.07, 6.45) is 0.589. The van der Waals surface area contributed by atoms with Crippen LogP contribution in [0.5, 0.6) is 0 Å². The molecule has 10 nitrogen and oxygen atoms in total. The maximum Gasteiger partial charge on any atom is 0.323 e. The molecule has 1 rings (SSSR count). The number of rotatable bonds is 9. The van der Waals surface area contributed by atoms with Crippen molar-refractivity contribution in [1.82, 2.24) is 14.7 Å². The third-order valence-electron chi connectivity index (χ3n) is 5.57. The minimum Gasteiger partial charge on any atom is -0.459 e. The first-order chi connectivity index (χ1) is 17.2. The van der Waals surface area contributed by atoms with Crippen LogP contribution in [0.4, 0.5) is 0 Å². The molecule has 1 aliphatic heterocycles. The third kappa shape index (κ3) is 15.4. The van der Waals surface area contributed by atoms with Gasteiger partial charge in [0.15, 0.2) is 0 Å². The van der Waals surface area contributed by atoms with E-state index in [0.717, 1.165) is 0 Å². The molecule has 1 saturated heterocycles. The van der Waals surface area contributed by atoms with Gasteiger partial charge in [0.2, 0.25) is 0 Å². The summed E-state index contributed by atoms with van der Waals surface area (Å²) in [7, 11) is 0. The van der Waals surface area contributed by atoms with Crippen molar-refractivity contribution in [2.75, 3.05) is 52.4 Å². The van der Waals surface area contributed by atoms with Crippen LogP contribution in [0.1, 0.15) is 82.1 Å². The highest BCUT2D eigenvalue weighted by Gasteiger charge is 2.32. The molecule has 10 heteroatoms. The van der Waals surface area contributed by atoms with Crippen molar-refractivity contribution in [1.29, 1.82) is 0 Å². The van der Waals surface area contributed by atoms with E-state index in [-0.39, 0.29) is 43.2 Å². The van der Waals surface area contributed by atoms with Crippen LogP contribution in [-0.2, 0) is 33.4 Å². The minimum atomic E-state index is -0.670. The average molecular weight is 542 g/mol. The van der Waals surface area contributed by atoms with Gasteiger partial charge in [-0.1, -0.05) is 0 Å². The molecule has 0 N–H and O–H groups in total. The van der Waals surface area contributed by atoms with Crippen molar-refractivity contribution in [2.45, 2.75) is 105 Å². The van der Waals surface area contributed by atoms with Crippen molar-refractivity contribution in [3.05, 3.63) is 0 Å². The maximum absolute atomic E-state index is 13.2. The number of hydrogen-bond acceptors (Lipinski definition) is 10. The number of hydrogen-bond donors (Lipinski definition) is 0. The summed E-state index contributed by atoms with van der Waals surface area (Å²) in [5, 5.41) is 0. The highest BCUT2D eigenvalue weighted by molar-refractivity contribution is 5.79. The Kier molecular flexibility index (Phi) is 12.9. The fraction of sp³-hybridized carbons (Fsp3) is 0.857. The SMILES string of the molecule is CC(=O)CCC(C(=O)OC(C)(C)C)N1CCN(CC(=O)OC(C)(C)C)CCN(CC(=O)OC(C)(C)C)CC1. The summed E-state index contributed by atoms with van der Waals surface area (Å²) in [4.78, 5) is 56.2. The van der Waals surface area contributed by atoms with E-state index in [0.29, 0.717) is 45.7 Å². The van der Waals surface area contributed by atoms with Gasteiger partial charge in [0.25, 0.3) is 0 Å². The average Bonchev–Trinajstić information content (AvgIpc) is 2.76. The van der Waals surface area contributed by atoms with Gasteiger partial charge in [-0.15, -0.1) is 0 Å². The largest absolute Gasteiger partial charge is 0.459 e. The molecule has 1 heterocycles. The fourth-order valence-electron chi connectivity index (χ4n) is 4.06. The lowest BCUT2D eigenvalue weighted by Crippen LogP contribution is -2.49. The van der Waals surface area contributed by atoms with Crippen molar-refractivity contribution in [3.8, 4) is 0 Å². The van der Waals surface area contributed by atoms with Gasteiger partial charge in [0.05, 0.1) is 13.1 Å². The van der Waals surface area contributed by atoms with Gasteiger partial charge in [0, 0.05) is 45.7 Å². The summed E-state index contributed by atoms with van der Waals surface area (Å²) in [6.45, 7) is 21.2. The second kappa shape index (κ2) is 14.4. The highest BCUT2D eigenvalue weighted by atomic mass is 16.6. The van der Waals surface area contributed by atoms with Gasteiger partial charge < -0.3 is 19.0 Å². The van der Waals surface area contributed by atoms with Gasteiger partial charge in [-0.3, -0.25) is 29.1 Å². The van der Waals surface area contributed by atoms with Gasteiger partial charge in [-0.2, -0.15) is 0 Å². The van der Waals surface area contributed by atoms with E-state index >= 15 is 0 Å². The van der Waals surface area contributed by atoms with Crippen LogP contribution in [0.25, 0.3) is 0 Å².